The summed E-state index contributed by atoms with van der Waals surface area (Å²) in [6, 6.07) is -0.674. The Morgan fingerprint density at radius 1 is 1.56 bits per heavy atom. The summed E-state index contributed by atoms with van der Waals surface area (Å²) in [5.74, 6) is 1.76. The van der Waals surface area contributed by atoms with Crippen LogP contribution in [0.2, 0.25) is 0 Å². The molecule has 16 heavy (non-hydrogen) atoms. The number of hydrogen-bond acceptors (Lipinski definition) is 4. The Bertz CT molecular complexity index is 271. The second kappa shape index (κ2) is 8.74. The molecule has 1 atom stereocenters. The third kappa shape index (κ3) is 6.85. The fourth-order valence-electron chi connectivity index (χ4n) is 1.03. The Labute approximate surface area is 95.7 Å². The third-order valence-corrected chi connectivity index (χ3v) is 1.84. The Hall–Kier alpha value is -1.54. The standard InChI is InChI=1S/C11H18N2O3/c1-3-6-9(12)11(15)13-8-5-7-10(14)16-4-2/h1,9H,4-8,12H2,2H3,(H,13,15). The maximum Gasteiger partial charge on any atom is 0.305 e. The van der Waals surface area contributed by atoms with Crippen molar-refractivity contribution in [2.75, 3.05) is 13.2 Å². The molecular formula is C11H18N2O3. The van der Waals surface area contributed by atoms with Crippen LogP contribution in [0.4, 0.5) is 0 Å². The molecule has 0 bridgehead atoms. The highest BCUT2D eigenvalue weighted by molar-refractivity contribution is 5.81. The van der Waals surface area contributed by atoms with Crippen LogP contribution in [0.1, 0.15) is 26.2 Å². The molecule has 0 aliphatic rings. The van der Waals surface area contributed by atoms with E-state index in [9.17, 15) is 9.59 Å². The zero-order chi connectivity index (χ0) is 12.4. The van der Waals surface area contributed by atoms with E-state index in [4.69, 9.17) is 16.9 Å². The van der Waals surface area contributed by atoms with Crippen LogP contribution in [-0.4, -0.2) is 31.1 Å². The van der Waals surface area contributed by atoms with Gasteiger partial charge in [0.1, 0.15) is 0 Å². The number of rotatable bonds is 7. The van der Waals surface area contributed by atoms with Crippen molar-refractivity contribution in [1.82, 2.24) is 5.32 Å². The molecule has 0 aliphatic heterocycles. The number of carbonyl (C=O) groups is 2. The summed E-state index contributed by atoms with van der Waals surface area (Å²) >= 11 is 0. The molecule has 5 nitrogen and oxygen atoms in total. The van der Waals surface area contributed by atoms with Gasteiger partial charge in [-0.25, -0.2) is 0 Å². The van der Waals surface area contributed by atoms with Crippen molar-refractivity contribution in [3.05, 3.63) is 0 Å². The lowest BCUT2D eigenvalue weighted by Gasteiger charge is -2.09. The largest absolute Gasteiger partial charge is 0.466 e. The highest BCUT2D eigenvalue weighted by Gasteiger charge is 2.11. The number of ether oxygens (including phenoxy) is 1. The van der Waals surface area contributed by atoms with Crippen LogP contribution in [0.3, 0.4) is 0 Å². The number of hydrogen-bond donors (Lipinski definition) is 2. The van der Waals surface area contributed by atoms with Crippen LogP contribution < -0.4 is 11.1 Å². The molecule has 0 spiro atoms. The number of carbonyl (C=O) groups excluding carboxylic acids is 2. The second-order valence-corrected chi connectivity index (χ2v) is 3.21. The second-order valence-electron chi connectivity index (χ2n) is 3.21. The first kappa shape index (κ1) is 14.5. The van der Waals surface area contributed by atoms with E-state index in [0.717, 1.165) is 0 Å². The van der Waals surface area contributed by atoms with Gasteiger partial charge in [0.25, 0.3) is 0 Å². The van der Waals surface area contributed by atoms with E-state index in [1.165, 1.54) is 0 Å². The summed E-state index contributed by atoms with van der Waals surface area (Å²) in [6.45, 7) is 2.52. The zero-order valence-electron chi connectivity index (χ0n) is 9.49. The summed E-state index contributed by atoms with van der Waals surface area (Å²) in [7, 11) is 0. The summed E-state index contributed by atoms with van der Waals surface area (Å²) < 4.78 is 4.73. The number of terminal acetylenes is 1. The molecular weight excluding hydrogens is 208 g/mol. The van der Waals surface area contributed by atoms with E-state index in [1.807, 2.05) is 0 Å². The zero-order valence-corrected chi connectivity index (χ0v) is 9.49. The number of nitrogens with two attached hydrogens (primary N) is 1. The average molecular weight is 226 g/mol. The van der Waals surface area contributed by atoms with Crippen molar-refractivity contribution >= 4 is 11.9 Å². The molecule has 3 N–H and O–H groups in total. The maximum absolute atomic E-state index is 11.3. The highest BCUT2D eigenvalue weighted by atomic mass is 16.5. The quantitative estimate of drug-likeness (QED) is 0.358. The Kier molecular flexibility index (Phi) is 7.90. The lowest BCUT2D eigenvalue weighted by Crippen LogP contribution is -2.40. The van der Waals surface area contributed by atoms with Crippen molar-refractivity contribution in [3.8, 4) is 12.3 Å². The van der Waals surface area contributed by atoms with Crippen molar-refractivity contribution in [2.45, 2.75) is 32.2 Å². The van der Waals surface area contributed by atoms with Crippen molar-refractivity contribution in [2.24, 2.45) is 5.73 Å². The van der Waals surface area contributed by atoms with E-state index >= 15 is 0 Å². The first-order valence-electron chi connectivity index (χ1n) is 5.24. The summed E-state index contributed by atoms with van der Waals surface area (Å²) in [4.78, 5) is 22.2. The minimum atomic E-state index is -0.674. The Morgan fingerprint density at radius 2 is 2.25 bits per heavy atom. The summed E-state index contributed by atoms with van der Waals surface area (Å²) in [5.41, 5.74) is 5.47. The van der Waals surface area contributed by atoms with Gasteiger partial charge in [-0.3, -0.25) is 9.59 Å². The van der Waals surface area contributed by atoms with E-state index in [0.29, 0.717) is 26.0 Å². The van der Waals surface area contributed by atoms with E-state index in [-0.39, 0.29) is 18.3 Å². The fourth-order valence-corrected chi connectivity index (χ4v) is 1.03. The predicted molar refractivity (Wildman–Crippen MR) is 60.3 cm³/mol. The van der Waals surface area contributed by atoms with Crippen LogP contribution in [0.5, 0.6) is 0 Å². The van der Waals surface area contributed by atoms with E-state index < -0.39 is 6.04 Å². The molecule has 0 heterocycles. The van der Waals surface area contributed by atoms with Gasteiger partial charge in [0.15, 0.2) is 0 Å². The molecule has 0 radical (unpaired) electrons. The third-order valence-electron chi connectivity index (χ3n) is 1.84. The molecule has 1 unspecified atom stereocenters. The summed E-state index contributed by atoms with van der Waals surface area (Å²) in [5, 5.41) is 2.60. The van der Waals surface area contributed by atoms with Crippen molar-refractivity contribution in [3.63, 3.8) is 0 Å². The minimum Gasteiger partial charge on any atom is -0.466 e. The van der Waals surface area contributed by atoms with Crippen LogP contribution in [-0.2, 0) is 14.3 Å². The van der Waals surface area contributed by atoms with Gasteiger partial charge < -0.3 is 15.8 Å². The lowest BCUT2D eigenvalue weighted by molar-refractivity contribution is -0.143. The molecule has 0 aromatic rings. The lowest BCUT2D eigenvalue weighted by atomic mass is 10.2. The normalized spacial score (nSPS) is 11.3. The van der Waals surface area contributed by atoms with Crippen molar-refractivity contribution < 1.29 is 14.3 Å². The summed E-state index contributed by atoms with van der Waals surface area (Å²) in [6.07, 6.45) is 6.06. The maximum atomic E-state index is 11.3. The van der Waals surface area contributed by atoms with Gasteiger partial charge in [-0.1, -0.05) is 0 Å². The fraction of sp³-hybridized carbons (Fsp3) is 0.636. The molecule has 1 amide bonds. The SMILES string of the molecule is C#CCC(N)C(=O)NCCCC(=O)OCC. The van der Waals surface area contributed by atoms with Gasteiger partial charge in [-0.2, -0.15) is 0 Å². The molecule has 0 fully saturated rings. The van der Waals surface area contributed by atoms with Crippen LogP contribution >= 0.6 is 0 Å². The molecule has 0 rings (SSSR count). The van der Waals surface area contributed by atoms with Gasteiger partial charge in [0.2, 0.25) is 5.91 Å². The van der Waals surface area contributed by atoms with Crippen LogP contribution in [0.25, 0.3) is 0 Å². The molecule has 0 aromatic carbocycles. The number of amides is 1. The van der Waals surface area contributed by atoms with Gasteiger partial charge in [-0.15, -0.1) is 12.3 Å². The molecule has 0 aliphatic carbocycles. The first-order chi connectivity index (χ1) is 7.61. The molecule has 0 saturated heterocycles. The Balaban J connectivity index is 3.55. The van der Waals surface area contributed by atoms with E-state index in [2.05, 4.69) is 11.2 Å². The van der Waals surface area contributed by atoms with Crippen molar-refractivity contribution in [1.29, 1.82) is 0 Å². The highest BCUT2D eigenvalue weighted by Crippen LogP contribution is 1.92. The monoisotopic (exact) mass is 226 g/mol. The van der Waals surface area contributed by atoms with Gasteiger partial charge in [-0.05, 0) is 13.3 Å². The Morgan fingerprint density at radius 3 is 2.81 bits per heavy atom. The molecule has 90 valence electrons. The smallest absolute Gasteiger partial charge is 0.305 e. The number of esters is 1. The minimum absolute atomic E-state index is 0.212. The number of nitrogens with one attached hydrogen (secondary N) is 1. The molecule has 0 aromatic heterocycles. The molecule has 0 saturated carbocycles. The molecule has 5 heteroatoms. The first-order valence-corrected chi connectivity index (χ1v) is 5.24. The average Bonchev–Trinajstić information content (AvgIpc) is 2.24. The van der Waals surface area contributed by atoms with Gasteiger partial charge >= 0.3 is 5.97 Å². The van der Waals surface area contributed by atoms with Gasteiger partial charge in [0, 0.05) is 19.4 Å². The van der Waals surface area contributed by atoms with Crippen LogP contribution in [0, 0.1) is 12.3 Å². The topological polar surface area (TPSA) is 81.4 Å². The predicted octanol–water partition coefficient (Wildman–Crippen LogP) is -0.203. The van der Waals surface area contributed by atoms with E-state index in [1.54, 1.807) is 6.92 Å². The van der Waals surface area contributed by atoms with Gasteiger partial charge in [0.05, 0.1) is 12.6 Å². The van der Waals surface area contributed by atoms with Crippen LogP contribution in [0.15, 0.2) is 0 Å².